The van der Waals surface area contributed by atoms with Gasteiger partial charge < -0.3 is 10.1 Å². The first-order valence-electron chi connectivity index (χ1n) is 7.40. The van der Waals surface area contributed by atoms with Crippen molar-refractivity contribution in [3.05, 3.63) is 40.7 Å². The summed E-state index contributed by atoms with van der Waals surface area (Å²) in [6.45, 7) is 7.57. The van der Waals surface area contributed by atoms with E-state index in [0.29, 0.717) is 10.8 Å². The van der Waals surface area contributed by atoms with Crippen molar-refractivity contribution in [3.63, 3.8) is 0 Å². The zero-order chi connectivity index (χ0) is 17.7. The molecule has 0 fully saturated rings. The Bertz CT molecular complexity index is 763. The average Bonchev–Trinajstić information content (AvgIpc) is 3.12. The average molecular weight is 348 g/mol. The van der Waals surface area contributed by atoms with Crippen LogP contribution in [0.2, 0.25) is 0 Å². The van der Waals surface area contributed by atoms with E-state index >= 15 is 0 Å². The first kappa shape index (κ1) is 17.9. The zero-order valence-corrected chi connectivity index (χ0v) is 14.8. The zero-order valence-electron chi connectivity index (χ0n) is 14.0. The molecule has 2 rings (SSSR count). The fourth-order valence-electron chi connectivity index (χ4n) is 2.25. The van der Waals surface area contributed by atoms with Gasteiger partial charge in [-0.2, -0.15) is 5.10 Å². The van der Waals surface area contributed by atoms with Crippen LogP contribution in [-0.2, 0) is 27.2 Å². The monoisotopic (exact) mass is 348 g/mol. The molecule has 24 heavy (non-hydrogen) atoms. The van der Waals surface area contributed by atoms with Crippen LogP contribution in [0, 0.1) is 13.8 Å². The lowest BCUT2D eigenvalue weighted by Gasteiger charge is -2.02. The predicted molar refractivity (Wildman–Crippen MR) is 91.3 cm³/mol. The van der Waals surface area contributed by atoms with Crippen LogP contribution in [0.25, 0.3) is 5.13 Å². The summed E-state index contributed by atoms with van der Waals surface area (Å²) in [6, 6.07) is 0. The number of carbonyl (C=O) groups is 2. The van der Waals surface area contributed by atoms with Crippen molar-refractivity contribution in [2.45, 2.75) is 26.7 Å². The van der Waals surface area contributed by atoms with E-state index < -0.39 is 5.97 Å². The van der Waals surface area contributed by atoms with Gasteiger partial charge in [-0.05, 0) is 20.3 Å². The summed E-state index contributed by atoms with van der Waals surface area (Å²) >= 11 is 1.42. The van der Waals surface area contributed by atoms with Crippen molar-refractivity contribution >= 4 is 23.2 Å². The molecule has 0 unspecified atom stereocenters. The van der Waals surface area contributed by atoms with E-state index in [4.69, 9.17) is 0 Å². The van der Waals surface area contributed by atoms with Crippen LogP contribution < -0.4 is 5.32 Å². The van der Waals surface area contributed by atoms with Crippen molar-refractivity contribution in [1.82, 2.24) is 20.1 Å². The van der Waals surface area contributed by atoms with Crippen LogP contribution in [0.15, 0.2) is 18.0 Å². The molecular formula is C16H20N4O3S. The van der Waals surface area contributed by atoms with E-state index in [1.807, 2.05) is 25.3 Å². The quantitative estimate of drug-likeness (QED) is 0.605. The Balaban J connectivity index is 2.08. The van der Waals surface area contributed by atoms with Gasteiger partial charge in [-0.25, -0.2) is 9.67 Å². The second-order valence-corrected chi connectivity index (χ2v) is 6.04. The minimum atomic E-state index is -0.486. The molecule has 8 heteroatoms. The highest BCUT2D eigenvalue weighted by atomic mass is 32.1. The Hall–Kier alpha value is -2.48. The second-order valence-electron chi connectivity index (χ2n) is 5.21. The third-order valence-electron chi connectivity index (χ3n) is 3.51. The molecule has 128 valence electrons. The predicted octanol–water partition coefficient (Wildman–Crippen LogP) is 1.51. The lowest BCUT2D eigenvalue weighted by molar-refractivity contribution is -0.141. The van der Waals surface area contributed by atoms with Crippen LogP contribution in [0.5, 0.6) is 0 Å². The fourth-order valence-corrected chi connectivity index (χ4v) is 3.07. The van der Waals surface area contributed by atoms with E-state index in [1.54, 1.807) is 4.68 Å². The largest absolute Gasteiger partial charge is 0.468 e. The van der Waals surface area contributed by atoms with Crippen molar-refractivity contribution in [3.8, 4) is 5.13 Å². The van der Waals surface area contributed by atoms with E-state index in [2.05, 4.69) is 26.7 Å². The Morgan fingerprint density at radius 2 is 2.21 bits per heavy atom. The maximum Gasteiger partial charge on any atom is 0.325 e. The van der Waals surface area contributed by atoms with Crippen LogP contribution in [0.1, 0.15) is 22.6 Å². The van der Waals surface area contributed by atoms with Crippen LogP contribution >= 0.6 is 11.3 Å². The van der Waals surface area contributed by atoms with Gasteiger partial charge in [-0.1, -0.05) is 6.08 Å². The summed E-state index contributed by atoms with van der Waals surface area (Å²) in [6.07, 6.45) is 2.71. The molecule has 2 heterocycles. The van der Waals surface area contributed by atoms with E-state index in [0.717, 1.165) is 23.4 Å². The number of amides is 1. The number of esters is 1. The summed E-state index contributed by atoms with van der Waals surface area (Å²) in [4.78, 5) is 27.3. The first-order chi connectivity index (χ1) is 11.5. The van der Waals surface area contributed by atoms with Crippen LogP contribution in [-0.4, -0.2) is 40.3 Å². The van der Waals surface area contributed by atoms with Crippen LogP contribution in [0.4, 0.5) is 0 Å². The summed E-state index contributed by atoms with van der Waals surface area (Å²) in [7, 11) is 1.27. The summed E-state index contributed by atoms with van der Waals surface area (Å²) in [5.74, 6) is -0.766. The van der Waals surface area contributed by atoms with Gasteiger partial charge in [-0.15, -0.1) is 17.9 Å². The minimum Gasteiger partial charge on any atom is -0.468 e. The highest BCUT2D eigenvalue weighted by Crippen LogP contribution is 2.21. The van der Waals surface area contributed by atoms with E-state index in [1.165, 1.54) is 18.4 Å². The van der Waals surface area contributed by atoms with E-state index in [-0.39, 0.29) is 18.9 Å². The summed E-state index contributed by atoms with van der Waals surface area (Å²) in [5.41, 5.74) is 3.73. The number of methoxy groups -OCH3 is 1. The number of rotatable bonds is 7. The maximum atomic E-state index is 11.8. The van der Waals surface area contributed by atoms with Gasteiger partial charge in [0.05, 0.1) is 24.9 Å². The van der Waals surface area contributed by atoms with Crippen molar-refractivity contribution < 1.29 is 14.3 Å². The number of aryl methyl sites for hydroxylation is 1. The van der Waals surface area contributed by atoms with Crippen molar-refractivity contribution in [1.29, 1.82) is 0 Å². The Morgan fingerprint density at radius 3 is 2.88 bits per heavy atom. The number of hydrogen-bond donors (Lipinski definition) is 1. The molecule has 0 saturated heterocycles. The lowest BCUT2D eigenvalue weighted by atomic mass is 10.1. The summed E-state index contributed by atoms with van der Waals surface area (Å²) in [5, 5.41) is 9.53. The molecule has 0 radical (unpaired) electrons. The number of nitrogens with one attached hydrogen (secondary N) is 1. The standard InChI is InChI=1S/C16H20N4O3S/c1-5-6-13-10(2)19-20(11(13)3)16-18-12(9-24-16)7-14(21)17-8-15(22)23-4/h5,9H,1,6-8H2,2-4H3,(H,17,21). The number of ether oxygens (including phenoxy) is 1. The van der Waals surface area contributed by atoms with Gasteiger partial charge >= 0.3 is 5.97 Å². The normalized spacial score (nSPS) is 10.5. The highest BCUT2D eigenvalue weighted by Gasteiger charge is 2.15. The van der Waals surface area contributed by atoms with Crippen molar-refractivity contribution in [2.75, 3.05) is 13.7 Å². The Morgan fingerprint density at radius 1 is 1.46 bits per heavy atom. The fraction of sp³-hybridized carbons (Fsp3) is 0.375. The molecule has 1 N–H and O–H groups in total. The Kier molecular flexibility index (Phi) is 5.86. The smallest absolute Gasteiger partial charge is 0.325 e. The highest BCUT2D eigenvalue weighted by molar-refractivity contribution is 7.12. The van der Waals surface area contributed by atoms with Gasteiger partial charge in [0.2, 0.25) is 11.0 Å². The number of hydrogen-bond acceptors (Lipinski definition) is 6. The first-order valence-corrected chi connectivity index (χ1v) is 8.28. The molecule has 0 aliphatic heterocycles. The second kappa shape index (κ2) is 7.87. The molecule has 0 bridgehead atoms. The number of allylic oxidation sites excluding steroid dienone is 1. The Labute approximate surface area is 144 Å². The molecule has 0 aromatic carbocycles. The van der Waals surface area contributed by atoms with Gasteiger partial charge in [0.25, 0.3) is 0 Å². The topological polar surface area (TPSA) is 86.1 Å². The van der Waals surface area contributed by atoms with Gasteiger partial charge in [-0.3, -0.25) is 9.59 Å². The molecule has 0 aliphatic rings. The summed E-state index contributed by atoms with van der Waals surface area (Å²) < 4.78 is 6.26. The van der Waals surface area contributed by atoms with Gasteiger partial charge in [0.15, 0.2) is 0 Å². The van der Waals surface area contributed by atoms with Gasteiger partial charge in [0, 0.05) is 16.6 Å². The number of carbonyl (C=O) groups excluding carboxylic acids is 2. The SMILES string of the molecule is C=CCc1c(C)nn(-c2nc(CC(=O)NCC(=O)OC)cs2)c1C. The van der Waals surface area contributed by atoms with E-state index in [9.17, 15) is 9.59 Å². The number of nitrogens with zero attached hydrogens (tertiary/aromatic N) is 3. The molecule has 0 atom stereocenters. The van der Waals surface area contributed by atoms with Gasteiger partial charge in [0.1, 0.15) is 6.54 Å². The number of thiazole rings is 1. The molecule has 0 aliphatic carbocycles. The van der Waals surface area contributed by atoms with Crippen molar-refractivity contribution in [2.24, 2.45) is 0 Å². The molecule has 0 saturated carbocycles. The molecule has 0 spiro atoms. The third-order valence-corrected chi connectivity index (χ3v) is 4.37. The molecule has 1 amide bonds. The molecule has 2 aromatic rings. The van der Waals surface area contributed by atoms with Crippen LogP contribution in [0.3, 0.4) is 0 Å². The molecular weight excluding hydrogens is 328 g/mol. The third kappa shape index (κ3) is 4.08. The molecule has 2 aromatic heterocycles. The number of aromatic nitrogens is 3. The molecule has 7 nitrogen and oxygen atoms in total. The maximum absolute atomic E-state index is 11.8. The lowest BCUT2D eigenvalue weighted by Crippen LogP contribution is -2.31. The minimum absolute atomic E-state index is 0.103.